The first-order chi connectivity index (χ1) is 14.1. The molecule has 0 aromatic heterocycles. The predicted molar refractivity (Wildman–Crippen MR) is 112 cm³/mol. The molecule has 1 heterocycles. The number of carbonyl (C=O) groups excluding carboxylic acids is 1. The van der Waals surface area contributed by atoms with Gasteiger partial charge in [0, 0.05) is 0 Å². The lowest BCUT2D eigenvalue weighted by Crippen LogP contribution is -2.27. The molecule has 0 atom stereocenters. The lowest BCUT2D eigenvalue weighted by molar-refractivity contribution is -0.139. The minimum atomic E-state index is -4.67. The summed E-state index contributed by atoms with van der Waals surface area (Å²) in [6.45, 7) is -0.487. The highest BCUT2D eigenvalue weighted by molar-refractivity contribution is 8.27. The van der Waals surface area contributed by atoms with E-state index in [-0.39, 0.29) is 14.9 Å². The van der Waals surface area contributed by atoms with E-state index in [9.17, 15) is 22.8 Å². The molecule has 0 spiro atoms. The molecule has 0 aliphatic carbocycles. The highest BCUT2D eigenvalue weighted by atomic mass is 35.5. The number of nitrogens with zero attached hydrogens (tertiary/aromatic N) is 1. The van der Waals surface area contributed by atoms with Crippen molar-refractivity contribution >= 4 is 63.5 Å². The van der Waals surface area contributed by atoms with Crippen LogP contribution in [0.5, 0.6) is 5.75 Å². The van der Waals surface area contributed by atoms with Crippen LogP contribution >= 0.6 is 35.6 Å². The van der Waals surface area contributed by atoms with Crippen LogP contribution in [0.15, 0.2) is 47.4 Å². The molecular weight excluding hydrogens is 463 g/mol. The highest BCUT2D eigenvalue weighted by Gasteiger charge is 2.37. The second-order valence-corrected chi connectivity index (χ2v) is 8.01. The van der Waals surface area contributed by atoms with Crippen LogP contribution < -0.4 is 9.64 Å². The Labute approximate surface area is 183 Å². The van der Waals surface area contributed by atoms with E-state index in [1.165, 1.54) is 24.3 Å². The van der Waals surface area contributed by atoms with Gasteiger partial charge in [0.25, 0.3) is 5.91 Å². The number of halogens is 4. The van der Waals surface area contributed by atoms with Crippen molar-refractivity contribution in [2.24, 2.45) is 0 Å². The third-order valence-electron chi connectivity index (χ3n) is 3.85. The van der Waals surface area contributed by atoms with E-state index in [1.807, 2.05) is 0 Å². The number of thioether (sulfide) groups is 1. The molecule has 1 aliphatic heterocycles. The maximum absolute atomic E-state index is 13.1. The number of thiocarbonyl (C=S) groups is 1. The van der Waals surface area contributed by atoms with Gasteiger partial charge in [0.15, 0.2) is 10.9 Å². The summed E-state index contributed by atoms with van der Waals surface area (Å²) in [4.78, 5) is 24.5. The molecule has 1 N–H and O–H groups in total. The first kappa shape index (κ1) is 22.1. The van der Waals surface area contributed by atoms with Crippen molar-refractivity contribution in [3.05, 3.63) is 63.5 Å². The van der Waals surface area contributed by atoms with Crippen LogP contribution in [-0.2, 0) is 15.8 Å². The standard InChI is InChI=1S/C19H11ClF3NO4S2/c20-14-6-3-11(8-13(14)19(21,22)23)24-17(27)15(30-18(24)29)7-10-1-4-12(5-2-10)28-9-16(25)26/h1-8H,9H2,(H,25,26)/b15-7+. The molecule has 30 heavy (non-hydrogen) atoms. The van der Waals surface area contributed by atoms with Crippen molar-refractivity contribution in [1.29, 1.82) is 0 Å². The summed E-state index contributed by atoms with van der Waals surface area (Å²) in [7, 11) is 0. The molecule has 3 rings (SSSR count). The normalized spacial score (nSPS) is 15.7. The van der Waals surface area contributed by atoms with Gasteiger partial charge in [-0.1, -0.05) is 47.7 Å². The third kappa shape index (κ3) is 4.94. The van der Waals surface area contributed by atoms with Crippen LogP contribution in [-0.4, -0.2) is 27.9 Å². The molecule has 1 aliphatic rings. The summed E-state index contributed by atoms with van der Waals surface area (Å²) in [5, 5.41) is 8.13. The van der Waals surface area contributed by atoms with Crippen LogP contribution in [0.1, 0.15) is 11.1 Å². The fourth-order valence-electron chi connectivity index (χ4n) is 2.52. The zero-order valence-corrected chi connectivity index (χ0v) is 17.2. The SMILES string of the molecule is O=C(O)COc1ccc(/C=C2/SC(=S)N(c3ccc(Cl)c(C(F)(F)F)c3)C2=O)cc1. The van der Waals surface area contributed by atoms with Gasteiger partial charge in [0.2, 0.25) is 0 Å². The minimum Gasteiger partial charge on any atom is -0.482 e. The van der Waals surface area contributed by atoms with E-state index in [0.29, 0.717) is 11.3 Å². The zero-order chi connectivity index (χ0) is 22.1. The smallest absolute Gasteiger partial charge is 0.417 e. The van der Waals surface area contributed by atoms with Crippen LogP contribution in [0.4, 0.5) is 18.9 Å². The molecule has 1 saturated heterocycles. The summed E-state index contributed by atoms with van der Waals surface area (Å²) < 4.78 is 44.5. The van der Waals surface area contributed by atoms with E-state index >= 15 is 0 Å². The molecule has 0 bridgehead atoms. The van der Waals surface area contributed by atoms with Gasteiger partial charge in [-0.15, -0.1) is 0 Å². The molecule has 0 radical (unpaired) electrons. The lowest BCUT2D eigenvalue weighted by atomic mass is 10.1. The highest BCUT2D eigenvalue weighted by Crippen LogP contribution is 2.40. The number of amides is 1. The van der Waals surface area contributed by atoms with Gasteiger partial charge in [-0.3, -0.25) is 9.69 Å². The van der Waals surface area contributed by atoms with Crippen molar-refractivity contribution in [3.8, 4) is 5.75 Å². The molecule has 156 valence electrons. The van der Waals surface area contributed by atoms with Gasteiger partial charge in [-0.05, 0) is 42.0 Å². The number of carboxylic acids is 1. The first-order valence-corrected chi connectivity index (χ1v) is 9.76. The minimum absolute atomic E-state index is 0.0324. The largest absolute Gasteiger partial charge is 0.482 e. The maximum Gasteiger partial charge on any atom is 0.417 e. The number of carboxylic acid groups (broad SMARTS) is 1. The van der Waals surface area contributed by atoms with E-state index in [2.05, 4.69) is 0 Å². The second-order valence-electron chi connectivity index (χ2n) is 5.93. The molecule has 11 heteroatoms. The van der Waals surface area contributed by atoms with Gasteiger partial charge in [0.1, 0.15) is 5.75 Å². The summed E-state index contributed by atoms with van der Waals surface area (Å²) >= 11 is 11.8. The third-order valence-corrected chi connectivity index (χ3v) is 5.48. The lowest BCUT2D eigenvalue weighted by Gasteiger charge is -2.17. The fourth-order valence-corrected chi connectivity index (χ4v) is 4.04. The number of hydrogen-bond acceptors (Lipinski definition) is 5. The Hall–Kier alpha value is -2.56. The average Bonchev–Trinajstić information content (AvgIpc) is 2.94. The molecule has 2 aromatic carbocycles. The predicted octanol–water partition coefficient (Wildman–Crippen LogP) is 5.23. The Morgan fingerprint density at radius 1 is 1.23 bits per heavy atom. The number of aliphatic carboxylic acids is 1. The first-order valence-electron chi connectivity index (χ1n) is 8.15. The molecule has 1 fully saturated rings. The Morgan fingerprint density at radius 3 is 2.50 bits per heavy atom. The summed E-state index contributed by atoms with van der Waals surface area (Å²) in [5.41, 5.74) is -0.489. The van der Waals surface area contributed by atoms with Crippen LogP contribution in [0, 0.1) is 0 Å². The molecule has 0 saturated carbocycles. The fraction of sp³-hybridized carbons (Fsp3) is 0.105. The number of benzene rings is 2. The summed E-state index contributed by atoms with van der Waals surface area (Å²) in [5.74, 6) is -1.34. The molecule has 1 amide bonds. The van der Waals surface area contributed by atoms with Crippen LogP contribution in [0.25, 0.3) is 6.08 Å². The quantitative estimate of drug-likeness (QED) is 0.474. The van der Waals surface area contributed by atoms with E-state index < -0.39 is 35.2 Å². The number of rotatable bonds is 5. The van der Waals surface area contributed by atoms with Gasteiger partial charge in [-0.2, -0.15) is 13.2 Å². The number of carbonyl (C=O) groups is 2. The van der Waals surface area contributed by atoms with E-state index in [4.69, 9.17) is 33.7 Å². The van der Waals surface area contributed by atoms with Crippen LogP contribution in [0.2, 0.25) is 5.02 Å². The van der Waals surface area contributed by atoms with Crippen molar-refractivity contribution in [2.45, 2.75) is 6.18 Å². The number of alkyl halides is 3. The monoisotopic (exact) mass is 473 g/mol. The van der Waals surface area contributed by atoms with Gasteiger partial charge < -0.3 is 9.84 Å². The van der Waals surface area contributed by atoms with Crippen molar-refractivity contribution < 1.29 is 32.6 Å². The second kappa shape index (κ2) is 8.66. The molecule has 2 aromatic rings. The molecule has 0 unspecified atom stereocenters. The topological polar surface area (TPSA) is 66.8 Å². The summed E-state index contributed by atoms with van der Waals surface area (Å²) in [6.07, 6.45) is -3.14. The van der Waals surface area contributed by atoms with Gasteiger partial charge in [0.05, 0.1) is 21.2 Å². The number of hydrogen-bond donors (Lipinski definition) is 1. The van der Waals surface area contributed by atoms with Crippen LogP contribution in [0.3, 0.4) is 0 Å². The number of ether oxygens (including phenoxy) is 1. The Kier molecular flexibility index (Phi) is 6.39. The van der Waals surface area contributed by atoms with Crippen molar-refractivity contribution in [3.63, 3.8) is 0 Å². The Morgan fingerprint density at radius 2 is 1.90 bits per heavy atom. The average molecular weight is 474 g/mol. The van der Waals surface area contributed by atoms with E-state index in [0.717, 1.165) is 28.8 Å². The van der Waals surface area contributed by atoms with Gasteiger partial charge >= 0.3 is 12.1 Å². The molecule has 5 nitrogen and oxygen atoms in total. The zero-order valence-electron chi connectivity index (χ0n) is 14.8. The van der Waals surface area contributed by atoms with E-state index in [1.54, 1.807) is 12.1 Å². The maximum atomic E-state index is 13.1. The molecular formula is C19H11ClF3NO4S2. The Bertz CT molecular complexity index is 1050. The number of anilines is 1. The van der Waals surface area contributed by atoms with Crippen molar-refractivity contribution in [2.75, 3.05) is 11.5 Å². The Balaban J connectivity index is 1.84. The van der Waals surface area contributed by atoms with Crippen molar-refractivity contribution in [1.82, 2.24) is 0 Å². The summed E-state index contributed by atoms with van der Waals surface area (Å²) in [6, 6.07) is 9.42. The van der Waals surface area contributed by atoms with Gasteiger partial charge in [-0.25, -0.2) is 4.79 Å².